The van der Waals surface area contributed by atoms with Gasteiger partial charge in [0, 0.05) is 16.9 Å². The van der Waals surface area contributed by atoms with Gasteiger partial charge in [-0.2, -0.15) is 0 Å². The fourth-order valence-electron chi connectivity index (χ4n) is 4.90. The summed E-state index contributed by atoms with van der Waals surface area (Å²) in [6, 6.07) is 5.58. The number of hydrogen-bond donors (Lipinski definition) is 4. The second-order valence-corrected chi connectivity index (χ2v) is 7.45. The Hall–Kier alpha value is -3.48. The molecule has 1 fully saturated rings. The molecule has 7 heteroatoms. The molecule has 4 aliphatic rings. The summed E-state index contributed by atoms with van der Waals surface area (Å²) in [5.41, 5.74) is 0.265. The molecule has 2 bridgehead atoms. The van der Waals surface area contributed by atoms with Crippen molar-refractivity contribution in [3.8, 4) is 28.6 Å². The van der Waals surface area contributed by atoms with E-state index < -0.39 is 40.5 Å². The molecule has 1 heterocycles. The number of benzene rings is 2. The van der Waals surface area contributed by atoms with Gasteiger partial charge in [-0.05, 0) is 48.1 Å². The van der Waals surface area contributed by atoms with Crippen LogP contribution < -0.4 is 5.43 Å². The third-order valence-corrected chi connectivity index (χ3v) is 6.07. The summed E-state index contributed by atoms with van der Waals surface area (Å²) in [7, 11) is 0. The van der Waals surface area contributed by atoms with Crippen LogP contribution >= 0.6 is 0 Å². The maximum atomic E-state index is 12.0. The van der Waals surface area contributed by atoms with E-state index in [1.807, 2.05) is 12.2 Å². The summed E-state index contributed by atoms with van der Waals surface area (Å²) in [6.45, 7) is 0. The molecule has 4 atom stereocenters. The average molecular weight is 380 g/mol. The first-order valence-corrected chi connectivity index (χ1v) is 8.93. The summed E-state index contributed by atoms with van der Waals surface area (Å²) < 4.78 is 5.62. The van der Waals surface area contributed by atoms with Gasteiger partial charge in [-0.15, -0.1) is 0 Å². The number of carboxylic acids is 1. The number of rotatable bonds is 2. The van der Waals surface area contributed by atoms with Gasteiger partial charge in [0.05, 0.1) is 5.92 Å². The molecule has 0 saturated heterocycles. The summed E-state index contributed by atoms with van der Waals surface area (Å²) in [6.07, 6.45) is 4.62. The Balaban J connectivity index is 1.93. The Labute approximate surface area is 158 Å². The van der Waals surface area contributed by atoms with Crippen molar-refractivity contribution in [3.63, 3.8) is 0 Å². The molecule has 0 aromatic heterocycles. The van der Waals surface area contributed by atoms with E-state index in [1.54, 1.807) is 6.07 Å². The standard InChI is InChI=1S/C21H16O7/c22-12-5-3-10-16(14-8-1-2-9(7-8)15(14)21(26)27)11-4-6-13(23)18(25)20(11)28-19(10)17(12)24/h1-6,8-9,14-15,22,24-25H,7H2,(H,26,27)/t8-,9-,14+,15+/m0/s1. The molecule has 1 saturated carbocycles. The number of allylic oxidation sites excluding steroid dienone is 2. The minimum atomic E-state index is -0.920. The Morgan fingerprint density at radius 2 is 1.75 bits per heavy atom. The zero-order valence-electron chi connectivity index (χ0n) is 14.5. The molecule has 1 aromatic rings. The van der Waals surface area contributed by atoms with Gasteiger partial charge in [-0.3, -0.25) is 9.59 Å². The van der Waals surface area contributed by atoms with E-state index in [-0.39, 0.29) is 23.2 Å². The van der Waals surface area contributed by atoms with Gasteiger partial charge in [-0.1, -0.05) is 12.2 Å². The van der Waals surface area contributed by atoms with E-state index in [2.05, 4.69) is 0 Å². The van der Waals surface area contributed by atoms with Crippen molar-refractivity contribution in [2.45, 2.75) is 12.3 Å². The second-order valence-electron chi connectivity index (χ2n) is 7.45. The molecule has 4 N–H and O–H groups in total. The molecule has 1 aliphatic heterocycles. The first-order chi connectivity index (χ1) is 13.4. The number of aromatic hydroxyl groups is 3. The molecule has 0 unspecified atom stereocenters. The number of hydrogen-bond acceptors (Lipinski definition) is 6. The average Bonchev–Trinajstić information content (AvgIpc) is 3.28. The van der Waals surface area contributed by atoms with Gasteiger partial charge >= 0.3 is 5.97 Å². The van der Waals surface area contributed by atoms with E-state index >= 15 is 0 Å². The Bertz CT molecular complexity index is 1210. The molecule has 142 valence electrons. The quantitative estimate of drug-likeness (QED) is 0.306. The van der Waals surface area contributed by atoms with Crippen LogP contribution in [0.2, 0.25) is 0 Å². The van der Waals surface area contributed by atoms with E-state index in [4.69, 9.17) is 4.42 Å². The highest BCUT2D eigenvalue weighted by Crippen LogP contribution is 2.57. The summed E-state index contributed by atoms with van der Waals surface area (Å²) in [4.78, 5) is 24.0. The van der Waals surface area contributed by atoms with Crippen molar-refractivity contribution < 1.29 is 29.6 Å². The van der Waals surface area contributed by atoms with Crippen LogP contribution in [0, 0.1) is 17.8 Å². The molecule has 0 radical (unpaired) electrons. The predicted octanol–water partition coefficient (Wildman–Crippen LogP) is 3.00. The van der Waals surface area contributed by atoms with Crippen molar-refractivity contribution in [2.24, 2.45) is 17.8 Å². The van der Waals surface area contributed by atoms with Crippen LogP contribution in [0.5, 0.6) is 17.2 Å². The molecule has 0 amide bonds. The number of fused-ring (bicyclic) bond motifs is 4. The van der Waals surface area contributed by atoms with Crippen LogP contribution in [0.3, 0.4) is 0 Å². The number of aliphatic carboxylic acids is 1. The molecule has 5 rings (SSSR count). The van der Waals surface area contributed by atoms with Gasteiger partial charge in [0.25, 0.3) is 0 Å². The van der Waals surface area contributed by atoms with Crippen molar-refractivity contribution in [2.75, 3.05) is 0 Å². The van der Waals surface area contributed by atoms with E-state index in [0.717, 1.165) is 0 Å². The lowest BCUT2D eigenvalue weighted by Crippen LogP contribution is -2.26. The Morgan fingerprint density at radius 1 is 1.00 bits per heavy atom. The number of phenolic OH excluding ortho intramolecular Hbond substituents is 3. The first kappa shape index (κ1) is 16.7. The largest absolute Gasteiger partial charge is 0.504 e. The fraction of sp³-hybridized carbons (Fsp3) is 0.238. The SMILES string of the molecule is O=C(O)[C@H]1[C@H](c2c3ccc(=O)c(O)c-3oc3c(O)c(O)ccc23)[C@H]2C=C[C@H]1C2. The van der Waals surface area contributed by atoms with Crippen LogP contribution in [-0.4, -0.2) is 26.4 Å². The van der Waals surface area contributed by atoms with Crippen LogP contribution in [0.4, 0.5) is 0 Å². The van der Waals surface area contributed by atoms with Crippen molar-refractivity contribution in [1.82, 2.24) is 0 Å². The third kappa shape index (κ3) is 2.04. The fourth-order valence-corrected chi connectivity index (χ4v) is 4.90. The van der Waals surface area contributed by atoms with Gasteiger partial charge < -0.3 is 24.8 Å². The van der Waals surface area contributed by atoms with Gasteiger partial charge in [-0.25, -0.2) is 0 Å². The number of carboxylic acid groups (broad SMARTS) is 1. The molecule has 0 spiro atoms. The highest BCUT2D eigenvalue weighted by atomic mass is 16.4. The Morgan fingerprint density at radius 3 is 2.50 bits per heavy atom. The normalized spacial score (nSPS) is 25.7. The lowest BCUT2D eigenvalue weighted by Gasteiger charge is -2.29. The van der Waals surface area contributed by atoms with Gasteiger partial charge in [0.1, 0.15) is 0 Å². The number of phenols is 3. The van der Waals surface area contributed by atoms with Crippen molar-refractivity contribution in [1.29, 1.82) is 0 Å². The highest BCUT2D eigenvalue weighted by molar-refractivity contribution is 5.95. The first-order valence-electron chi connectivity index (χ1n) is 8.93. The van der Waals surface area contributed by atoms with Crippen LogP contribution in [0.25, 0.3) is 22.3 Å². The number of carbonyl (C=O) groups is 1. The third-order valence-electron chi connectivity index (χ3n) is 6.07. The molecular weight excluding hydrogens is 364 g/mol. The highest BCUT2D eigenvalue weighted by Gasteiger charge is 2.50. The minimum absolute atomic E-state index is 0.0232. The van der Waals surface area contributed by atoms with Crippen molar-refractivity contribution >= 4 is 16.9 Å². The topological polar surface area (TPSA) is 128 Å². The van der Waals surface area contributed by atoms with Crippen molar-refractivity contribution in [3.05, 3.63) is 52.2 Å². The van der Waals surface area contributed by atoms with Crippen LogP contribution in [0.1, 0.15) is 17.9 Å². The van der Waals surface area contributed by atoms with Gasteiger partial charge in [0.2, 0.25) is 16.9 Å². The summed E-state index contributed by atoms with van der Waals surface area (Å²) in [5, 5.41) is 40.8. The molecule has 7 nitrogen and oxygen atoms in total. The molecule has 28 heavy (non-hydrogen) atoms. The zero-order chi connectivity index (χ0) is 19.7. The molecular formula is C21H16O7. The second kappa shape index (κ2) is 5.51. The monoisotopic (exact) mass is 380 g/mol. The predicted molar refractivity (Wildman–Crippen MR) is 98.7 cm³/mol. The minimum Gasteiger partial charge on any atom is -0.504 e. The lowest BCUT2D eigenvalue weighted by atomic mass is 9.75. The Kier molecular flexibility index (Phi) is 3.28. The van der Waals surface area contributed by atoms with E-state index in [9.17, 15) is 30.0 Å². The van der Waals surface area contributed by atoms with Crippen LogP contribution in [-0.2, 0) is 4.79 Å². The smallest absolute Gasteiger partial charge is 0.307 e. The molecule has 3 aliphatic carbocycles. The van der Waals surface area contributed by atoms with E-state index in [0.29, 0.717) is 22.9 Å². The summed E-state index contributed by atoms with van der Waals surface area (Å²) >= 11 is 0. The maximum Gasteiger partial charge on any atom is 0.307 e. The molecule has 1 aromatic carbocycles. The summed E-state index contributed by atoms with van der Waals surface area (Å²) in [5.74, 6) is -3.83. The van der Waals surface area contributed by atoms with E-state index in [1.165, 1.54) is 18.2 Å². The van der Waals surface area contributed by atoms with Crippen LogP contribution in [0.15, 0.2) is 45.6 Å². The zero-order valence-corrected chi connectivity index (χ0v) is 14.5. The lowest BCUT2D eigenvalue weighted by molar-refractivity contribution is -0.143. The van der Waals surface area contributed by atoms with Gasteiger partial charge in [0.15, 0.2) is 17.1 Å². The maximum absolute atomic E-state index is 12.0.